The molecule has 1 atom stereocenters. The Morgan fingerprint density at radius 2 is 2.26 bits per heavy atom. The summed E-state index contributed by atoms with van der Waals surface area (Å²) >= 11 is 2.09. The highest BCUT2D eigenvalue weighted by molar-refractivity contribution is 8.00. The summed E-state index contributed by atoms with van der Waals surface area (Å²) in [4.78, 5) is 0. The number of nitrogens with one attached hydrogen (secondary N) is 1. The molecule has 1 fully saturated rings. The topological polar surface area (TPSA) is 30.5 Å². The fourth-order valence-electron chi connectivity index (χ4n) is 2.28. The van der Waals surface area contributed by atoms with Crippen LogP contribution in [-0.4, -0.2) is 31.3 Å². The minimum absolute atomic E-state index is 0.659. The van der Waals surface area contributed by atoms with Gasteiger partial charge in [0.1, 0.15) is 0 Å². The summed E-state index contributed by atoms with van der Waals surface area (Å²) in [5.74, 6) is 2.96. The lowest BCUT2D eigenvalue weighted by Gasteiger charge is -2.13. The van der Waals surface area contributed by atoms with Gasteiger partial charge in [-0.05, 0) is 43.2 Å². The molecule has 1 aromatic rings. The molecule has 1 aliphatic heterocycles. The van der Waals surface area contributed by atoms with Gasteiger partial charge in [-0.25, -0.2) is 0 Å². The van der Waals surface area contributed by atoms with Gasteiger partial charge in [0.2, 0.25) is 0 Å². The van der Waals surface area contributed by atoms with Crippen LogP contribution in [0.3, 0.4) is 0 Å². The Hall–Kier alpha value is -0.870. The van der Waals surface area contributed by atoms with E-state index in [4.69, 9.17) is 9.47 Å². The molecule has 1 N–H and O–H groups in total. The van der Waals surface area contributed by atoms with Crippen LogP contribution in [0.4, 0.5) is 0 Å². The van der Waals surface area contributed by atoms with Gasteiger partial charge in [-0.2, -0.15) is 11.8 Å². The van der Waals surface area contributed by atoms with E-state index in [0.29, 0.717) is 6.61 Å². The predicted molar refractivity (Wildman–Crippen MR) is 81.3 cm³/mol. The molecule has 0 radical (unpaired) electrons. The normalized spacial score (nSPS) is 18.5. The number of hydrogen-bond acceptors (Lipinski definition) is 4. The Balaban J connectivity index is 1.86. The summed E-state index contributed by atoms with van der Waals surface area (Å²) in [7, 11) is 1.67. The minimum Gasteiger partial charge on any atom is -0.493 e. The molecule has 1 saturated heterocycles. The molecule has 0 amide bonds. The molecule has 106 valence electrons. The maximum atomic E-state index is 5.59. The molecule has 4 heteroatoms. The maximum absolute atomic E-state index is 5.59. The molecule has 1 unspecified atom stereocenters. The number of thioether (sulfide) groups is 1. The first-order valence-corrected chi connectivity index (χ1v) is 8.00. The molecule has 0 aliphatic carbocycles. The summed E-state index contributed by atoms with van der Waals surface area (Å²) in [6.07, 6.45) is 2.72. The Labute approximate surface area is 120 Å². The van der Waals surface area contributed by atoms with E-state index in [9.17, 15) is 0 Å². The average Bonchev–Trinajstić information content (AvgIpc) is 2.93. The number of ether oxygens (including phenoxy) is 2. The van der Waals surface area contributed by atoms with E-state index >= 15 is 0 Å². The van der Waals surface area contributed by atoms with Crippen molar-refractivity contribution in [1.82, 2.24) is 5.32 Å². The molecular formula is C15H23NO2S. The first kappa shape index (κ1) is 14.5. The van der Waals surface area contributed by atoms with Crippen molar-refractivity contribution in [3.8, 4) is 11.5 Å². The molecule has 0 saturated carbocycles. The third kappa shape index (κ3) is 4.32. The van der Waals surface area contributed by atoms with Crippen LogP contribution in [0.5, 0.6) is 11.5 Å². The van der Waals surface area contributed by atoms with Crippen LogP contribution in [0.2, 0.25) is 0 Å². The molecule has 0 spiro atoms. The van der Waals surface area contributed by atoms with Crippen LogP contribution in [-0.2, 0) is 6.54 Å². The fourth-order valence-corrected chi connectivity index (χ4v) is 3.52. The van der Waals surface area contributed by atoms with E-state index in [1.807, 2.05) is 13.0 Å². The van der Waals surface area contributed by atoms with Crippen LogP contribution in [0, 0.1) is 0 Å². The van der Waals surface area contributed by atoms with Gasteiger partial charge in [0, 0.05) is 18.3 Å². The summed E-state index contributed by atoms with van der Waals surface area (Å²) < 4.78 is 10.9. The zero-order valence-electron chi connectivity index (χ0n) is 11.8. The van der Waals surface area contributed by atoms with Crippen molar-refractivity contribution in [3.63, 3.8) is 0 Å². The van der Waals surface area contributed by atoms with Crippen molar-refractivity contribution in [3.05, 3.63) is 23.8 Å². The lowest BCUT2D eigenvalue weighted by Crippen LogP contribution is -2.22. The molecule has 3 nitrogen and oxygen atoms in total. The van der Waals surface area contributed by atoms with Crippen molar-refractivity contribution < 1.29 is 9.47 Å². The largest absolute Gasteiger partial charge is 0.493 e. The summed E-state index contributed by atoms with van der Waals surface area (Å²) in [6, 6.07) is 6.14. The quantitative estimate of drug-likeness (QED) is 0.832. The molecule has 19 heavy (non-hydrogen) atoms. The predicted octanol–water partition coefficient (Wildman–Crippen LogP) is 3.08. The Morgan fingerprint density at radius 1 is 1.37 bits per heavy atom. The SMILES string of the molecule is CCOc1cc(CNCC2CCCS2)ccc1OC. The minimum atomic E-state index is 0.659. The van der Waals surface area contributed by atoms with E-state index < -0.39 is 0 Å². The summed E-state index contributed by atoms with van der Waals surface area (Å²) in [6.45, 7) is 4.63. The van der Waals surface area contributed by atoms with Crippen LogP contribution < -0.4 is 14.8 Å². The van der Waals surface area contributed by atoms with E-state index in [1.165, 1.54) is 24.2 Å². The number of hydrogen-bond donors (Lipinski definition) is 1. The Bertz CT molecular complexity index is 392. The van der Waals surface area contributed by atoms with Crippen molar-refractivity contribution in [1.29, 1.82) is 0 Å². The standard InChI is InChI=1S/C15H23NO2S/c1-3-18-15-9-12(6-7-14(15)17-2)10-16-11-13-5-4-8-19-13/h6-7,9,13,16H,3-5,8,10-11H2,1-2H3. The first-order chi connectivity index (χ1) is 9.33. The number of methoxy groups -OCH3 is 1. The second-order valence-electron chi connectivity index (χ2n) is 4.68. The van der Waals surface area contributed by atoms with Gasteiger partial charge in [0.15, 0.2) is 11.5 Å². The van der Waals surface area contributed by atoms with Crippen molar-refractivity contribution >= 4 is 11.8 Å². The van der Waals surface area contributed by atoms with Gasteiger partial charge in [-0.3, -0.25) is 0 Å². The average molecular weight is 281 g/mol. The van der Waals surface area contributed by atoms with E-state index in [-0.39, 0.29) is 0 Å². The number of rotatable bonds is 7. The monoisotopic (exact) mass is 281 g/mol. The Kier molecular flexibility index (Phi) is 5.86. The highest BCUT2D eigenvalue weighted by Crippen LogP contribution is 2.28. The van der Waals surface area contributed by atoms with Crippen LogP contribution in [0.15, 0.2) is 18.2 Å². The third-order valence-corrected chi connectivity index (χ3v) is 4.65. The smallest absolute Gasteiger partial charge is 0.161 e. The van der Waals surface area contributed by atoms with Crippen molar-refractivity contribution in [2.45, 2.75) is 31.6 Å². The molecule has 1 heterocycles. The van der Waals surface area contributed by atoms with E-state index in [2.05, 4.69) is 29.2 Å². The van der Waals surface area contributed by atoms with Crippen LogP contribution in [0.25, 0.3) is 0 Å². The van der Waals surface area contributed by atoms with E-state index in [1.54, 1.807) is 7.11 Å². The Morgan fingerprint density at radius 3 is 2.95 bits per heavy atom. The van der Waals surface area contributed by atoms with Gasteiger partial charge >= 0.3 is 0 Å². The van der Waals surface area contributed by atoms with Gasteiger partial charge in [0.05, 0.1) is 13.7 Å². The zero-order chi connectivity index (χ0) is 13.5. The number of benzene rings is 1. The van der Waals surface area contributed by atoms with Crippen LogP contribution >= 0.6 is 11.8 Å². The molecule has 1 aromatic carbocycles. The highest BCUT2D eigenvalue weighted by Gasteiger charge is 2.14. The summed E-state index contributed by atoms with van der Waals surface area (Å²) in [5, 5.41) is 4.33. The molecule has 2 rings (SSSR count). The van der Waals surface area contributed by atoms with Gasteiger partial charge in [0.25, 0.3) is 0 Å². The van der Waals surface area contributed by atoms with Crippen molar-refractivity contribution in [2.75, 3.05) is 26.0 Å². The lowest BCUT2D eigenvalue weighted by atomic mass is 10.2. The first-order valence-electron chi connectivity index (χ1n) is 6.95. The van der Waals surface area contributed by atoms with Gasteiger partial charge in [-0.15, -0.1) is 0 Å². The van der Waals surface area contributed by atoms with E-state index in [0.717, 1.165) is 29.8 Å². The second kappa shape index (κ2) is 7.65. The highest BCUT2D eigenvalue weighted by atomic mass is 32.2. The summed E-state index contributed by atoms with van der Waals surface area (Å²) in [5.41, 5.74) is 1.24. The van der Waals surface area contributed by atoms with Gasteiger partial charge < -0.3 is 14.8 Å². The molecular weight excluding hydrogens is 258 g/mol. The maximum Gasteiger partial charge on any atom is 0.161 e. The molecule has 1 aliphatic rings. The second-order valence-corrected chi connectivity index (χ2v) is 6.09. The van der Waals surface area contributed by atoms with Gasteiger partial charge in [-0.1, -0.05) is 6.07 Å². The van der Waals surface area contributed by atoms with Crippen molar-refractivity contribution in [2.24, 2.45) is 0 Å². The third-order valence-electron chi connectivity index (χ3n) is 3.25. The fraction of sp³-hybridized carbons (Fsp3) is 0.600. The zero-order valence-corrected chi connectivity index (χ0v) is 12.6. The molecule has 0 aromatic heterocycles. The van der Waals surface area contributed by atoms with Crippen LogP contribution in [0.1, 0.15) is 25.3 Å². The molecule has 0 bridgehead atoms. The lowest BCUT2D eigenvalue weighted by molar-refractivity contribution is 0.310.